The topological polar surface area (TPSA) is 79.9 Å². The predicted molar refractivity (Wildman–Crippen MR) is 120 cm³/mol. The third kappa shape index (κ3) is 6.86. The summed E-state index contributed by atoms with van der Waals surface area (Å²) in [6.45, 7) is 10.9. The first-order valence-corrected chi connectivity index (χ1v) is 11.4. The summed E-state index contributed by atoms with van der Waals surface area (Å²) in [6.07, 6.45) is 10.4. The number of allylic oxidation sites excluding steroid dienone is 3. The number of nitrogens with one attached hydrogen (secondary N) is 2. The summed E-state index contributed by atoms with van der Waals surface area (Å²) in [5.41, 5.74) is 2.36. The van der Waals surface area contributed by atoms with Crippen LogP contribution in [0.4, 0.5) is 4.79 Å². The van der Waals surface area contributed by atoms with Crippen molar-refractivity contribution in [3.05, 3.63) is 35.1 Å². The van der Waals surface area contributed by atoms with Crippen molar-refractivity contribution in [1.29, 1.82) is 0 Å². The molecule has 1 saturated heterocycles. The molecule has 1 heterocycles. The maximum Gasteiger partial charge on any atom is 0.410 e. The largest absolute Gasteiger partial charge is 0.444 e. The molecule has 1 saturated carbocycles. The van der Waals surface area contributed by atoms with E-state index in [-0.39, 0.29) is 12.0 Å². The van der Waals surface area contributed by atoms with Gasteiger partial charge in [0.2, 0.25) is 0 Å². The van der Waals surface area contributed by atoms with Gasteiger partial charge in [-0.3, -0.25) is 4.79 Å². The first-order valence-electron chi connectivity index (χ1n) is 11.4. The van der Waals surface area contributed by atoms with Gasteiger partial charge in [-0.2, -0.15) is 0 Å². The summed E-state index contributed by atoms with van der Waals surface area (Å²) in [5.74, 6) is 0.356. The van der Waals surface area contributed by atoms with Gasteiger partial charge in [-0.1, -0.05) is 12.2 Å². The second kappa shape index (κ2) is 10.4. The quantitative estimate of drug-likeness (QED) is 0.577. The second-order valence-electron chi connectivity index (χ2n) is 9.65. The maximum absolute atomic E-state index is 12.5. The zero-order valence-electron chi connectivity index (χ0n) is 19.3. The molecule has 172 valence electrons. The number of ether oxygens (including phenoxy) is 2. The van der Waals surface area contributed by atoms with E-state index in [0.29, 0.717) is 43.8 Å². The molecule has 0 bridgehead atoms. The molecule has 2 amide bonds. The average molecular weight is 432 g/mol. The van der Waals surface area contributed by atoms with Crippen molar-refractivity contribution in [3.8, 4) is 0 Å². The Kier molecular flexibility index (Phi) is 7.81. The number of hydrogen-bond donors (Lipinski definition) is 2. The normalized spacial score (nSPS) is 21.0. The van der Waals surface area contributed by atoms with Crippen LogP contribution in [0.2, 0.25) is 0 Å². The molecule has 3 rings (SSSR count). The van der Waals surface area contributed by atoms with Crippen LogP contribution in [0, 0.1) is 5.92 Å². The zero-order chi connectivity index (χ0) is 22.4. The van der Waals surface area contributed by atoms with Crippen molar-refractivity contribution in [2.75, 3.05) is 32.8 Å². The van der Waals surface area contributed by atoms with Crippen LogP contribution >= 0.6 is 0 Å². The summed E-state index contributed by atoms with van der Waals surface area (Å²) in [5, 5.41) is 6.33. The molecule has 7 nitrogen and oxygen atoms in total. The molecule has 0 radical (unpaired) electrons. The van der Waals surface area contributed by atoms with E-state index in [0.717, 1.165) is 37.0 Å². The SMILES string of the molecule is CC1=C(C(=O)NCCOC2CCC2)C=CC/C1=C\NCC1CN(C(=O)OC(C)(C)C)C1. The third-order valence-electron chi connectivity index (χ3n) is 5.84. The minimum Gasteiger partial charge on any atom is -0.444 e. The van der Waals surface area contributed by atoms with Gasteiger partial charge in [0.25, 0.3) is 5.91 Å². The second-order valence-corrected chi connectivity index (χ2v) is 9.65. The van der Waals surface area contributed by atoms with Crippen LogP contribution in [0.5, 0.6) is 0 Å². The standard InChI is InChI=1S/C24H37N3O4/c1-17-19(14-25-13-18-15-27(16-18)23(29)31-24(2,3)4)7-5-10-21(17)22(28)26-11-12-30-20-8-6-9-20/h5,10,14,18,20,25H,6-9,11-13,15-16H2,1-4H3,(H,26,28)/b19-14+. The van der Waals surface area contributed by atoms with Gasteiger partial charge in [0.15, 0.2) is 0 Å². The van der Waals surface area contributed by atoms with Crippen LogP contribution < -0.4 is 10.6 Å². The Hall–Kier alpha value is -2.28. The van der Waals surface area contributed by atoms with E-state index >= 15 is 0 Å². The van der Waals surface area contributed by atoms with Gasteiger partial charge in [0.1, 0.15) is 5.60 Å². The lowest BCUT2D eigenvalue weighted by molar-refractivity contribution is -0.117. The Morgan fingerprint density at radius 2 is 2.00 bits per heavy atom. The number of carbonyl (C=O) groups is 2. The average Bonchev–Trinajstić information content (AvgIpc) is 2.61. The smallest absolute Gasteiger partial charge is 0.410 e. The Morgan fingerprint density at radius 3 is 2.65 bits per heavy atom. The van der Waals surface area contributed by atoms with Gasteiger partial charge in [0, 0.05) is 43.9 Å². The fourth-order valence-electron chi connectivity index (χ4n) is 3.71. The van der Waals surface area contributed by atoms with Gasteiger partial charge < -0.3 is 25.0 Å². The van der Waals surface area contributed by atoms with Gasteiger partial charge in [-0.15, -0.1) is 0 Å². The molecule has 0 unspecified atom stereocenters. The summed E-state index contributed by atoms with van der Waals surface area (Å²) < 4.78 is 11.1. The highest BCUT2D eigenvalue weighted by atomic mass is 16.6. The van der Waals surface area contributed by atoms with E-state index < -0.39 is 5.60 Å². The number of rotatable bonds is 8. The van der Waals surface area contributed by atoms with E-state index in [1.165, 1.54) is 6.42 Å². The number of nitrogens with zero attached hydrogens (tertiary/aromatic N) is 1. The van der Waals surface area contributed by atoms with Crippen molar-refractivity contribution < 1.29 is 19.1 Å². The van der Waals surface area contributed by atoms with E-state index in [1.807, 2.05) is 46.0 Å². The minimum absolute atomic E-state index is 0.0523. The minimum atomic E-state index is -0.461. The first-order chi connectivity index (χ1) is 14.7. The van der Waals surface area contributed by atoms with E-state index in [4.69, 9.17) is 9.47 Å². The Balaban J connectivity index is 1.39. The van der Waals surface area contributed by atoms with Crippen molar-refractivity contribution >= 4 is 12.0 Å². The Labute approximate surface area is 185 Å². The lowest BCUT2D eigenvalue weighted by Gasteiger charge is -2.39. The summed E-state index contributed by atoms with van der Waals surface area (Å²) in [7, 11) is 0. The fraction of sp³-hybridized carbons (Fsp3) is 0.667. The maximum atomic E-state index is 12.5. The summed E-state index contributed by atoms with van der Waals surface area (Å²) in [6, 6.07) is 0. The molecule has 0 spiro atoms. The molecule has 1 aliphatic heterocycles. The molecule has 3 aliphatic rings. The molecule has 0 aromatic carbocycles. The van der Waals surface area contributed by atoms with Crippen LogP contribution in [0.25, 0.3) is 0 Å². The zero-order valence-corrected chi connectivity index (χ0v) is 19.3. The van der Waals surface area contributed by atoms with Gasteiger partial charge >= 0.3 is 6.09 Å². The monoisotopic (exact) mass is 431 g/mol. The van der Waals surface area contributed by atoms with Gasteiger partial charge in [-0.05, 0) is 64.5 Å². The first kappa shape index (κ1) is 23.4. The van der Waals surface area contributed by atoms with Crippen LogP contribution in [0.15, 0.2) is 35.1 Å². The molecule has 2 N–H and O–H groups in total. The molecule has 0 atom stereocenters. The molecule has 2 fully saturated rings. The summed E-state index contributed by atoms with van der Waals surface area (Å²) in [4.78, 5) is 26.3. The highest BCUT2D eigenvalue weighted by Gasteiger charge is 2.33. The van der Waals surface area contributed by atoms with Crippen molar-refractivity contribution in [2.45, 2.75) is 65.1 Å². The molecule has 31 heavy (non-hydrogen) atoms. The molecule has 2 aliphatic carbocycles. The lowest BCUT2D eigenvalue weighted by Crippen LogP contribution is -2.54. The fourth-order valence-corrected chi connectivity index (χ4v) is 3.71. The van der Waals surface area contributed by atoms with E-state index in [9.17, 15) is 9.59 Å². The molecule has 0 aromatic heterocycles. The number of carbonyl (C=O) groups excluding carboxylic acids is 2. The third-order valence-corrected chi connectivity index (χ3v) is 5.84. The lowest BCUT2D eigenvalue weighted by atomic mass is 9.93. The van der Waals surface area contributed by atoms with E-state index in [1.54, 1.807) is 4.90 Å². The van der Waals surface area contributed by atoms with Crippen LogP contribution in [-0.2, 0) is 14.3 Å². The van der Waals surface area contributed by atoms with Crippen molar-refractivity contribution in [3.63, 3.8) is 0 Å². The highest BCUT2D eigenvalue weighted by Crippen LogP contribution is 2.25. The van der Waals surface area contributed by atoms with Crippen LogP contribution in [-0.4, -0.2) is 61.4 Å². The molecule has 0 aromatic rings. The van der Waals surface area contributed by atoms with Gasteiger partial charge in [-0.25, -0.2) is 4.79 Å². The molecule has 7 heteroatoms. The number of likely N-dealkylation sites (tertiary alicyclic amines) is 1. The number of hydrogen-bond acceptors (Lipinski definition) is 5. The van der Waals surface area contributed by atoms with E-state index in [2.05, 4.69) is 10.6 Å². The highest BCUT2D eigenvalue weighted by molar-refractivity contribution is 5.98. The molecular formula is C24H37N3O4. The Morgan fingerprint density at radius 1 is 1.26 bits per heavy atom. The molecular weight excluding hydrogens is 394 g/mol. The Bertz CT molecular complexity index is 753. The number of amides is 2. The summed E-state index contributed by atoms with van der Waals surface area (Å²) >= 11 is 0. The van der Waals surface area contributed by atoms with Crippen molar-refractivity contribution in [2.24, 2.45) is 5.92 Å². The van der Waals surface area contributed by atoms with Crippen LogP contribution in [0.1, 0.15) is 53.4 Å². The van der Waals surface area contributed by atoms with Crippen LogP contribution in [0.3, 0.4) is 0 Å². The predicted octanol–water partition coefficient (Wildman–Crippen LogP) is 3.29. The van der Waals surface area contributed by atoms with Crippen molar-refractivity contribution in [1.82, 2.24) is 15.5 Å². The van der Waals surface area contributed by atoms with Gasteiger partial charge in [0.05, 0.1) is 12.7 Å².